The molecule has 192 valence electrons. The Morgan fingerprint density at radius 1 is 1.16 bits per heavy atom. The van der Waals surface area contributed by atoms with E-state index < -0.39 is 46.1 Å². The number of hydrogen-bond donors (Lipinski definition) is 0. The van der Waals surface area contributed by atoms with Crippen molar-refractivity contribution >= 4 is 34.6 Å². The first-order chi connectivity index (χ1) is 17.4. The lowest BCUT2D eigenvalue weighted by atomic mass is 10.0. The Bertz CT molecular complexity index is 1410. The van der Waals surface area contributed by atoms with Crippen molar-refractivity contribution in [1.82, 2.24) is 4.98 Å². The smallest absolute Gasteiger partial charge is 0.420 e. The highest BCUT2D eigenvalue weighted by molar-refractivity contribution is 7.81. The molecule has 1 aliphatic rings. The van der Waals surface area contributed by atoms with E-state index in [0.717, 1.165) is 12.1 Å². The summed E-state index contributed by atoms with van der Waals surface area (Å²) in [6, 6.07) is 7.21. The number of nitrogens with zero attached hydrogens (tertiary/aromatic N) is 4. The van der Waals surface area contributed by atoms with Crippen LogP contribution in [-0.2, 0) is 23.8 Å². The van der Waals surface area contributed by atoms with Crippen LogP contribution >= 0.6 is 12.2 Å². The SMILES string of the molecule is CC1(C)C(=O)N(c2ccc(C#N)c(C(F)(F)F)c2F)C(=S)N1c1ccc(CCCc2ncco2)c(F)c1. The first-order valence-electron chi connectivity index (χ1n) is 11.0. The maximum atomic E-state index is 15.1. The number of anilines is 2. The first-order valence-corrected chi connectivity index (χ1v) is 11.4. The van der Waals surface area contributed by atoms with Crippen molar-refractivity contribution in [1.29, 1.82) is 5.26 Å². The molecule has 0 bridgehead atoms. The minimum Gasteiger partial charge on any atom is -0.449 e. The lowest BCUT2D eigenvalue weighted by Crippen LogP contribution is -2.44. The van der Waals surface area contributed by atoms with Crippen molar-refractivity contribution in [3.8, 4) is 6.07 Å². The molecule has 0 saturated carbocycles. The summed E-state index contributed by atoms with van der Waals surface area (Å²) in [6.07, 6.45) is -0.763. The van der Waals surface area contributed by atoms with Gasteiger partial charge in [0.05, 0.1) is 23.5 Å². The molecule has 0 radical (unpaired) electrons. The number of amides is 1. The highest BCUT2D eigenvalue weighted by Crippen LogP contribution is 2.42. The van der Waals surface area contributed by atoms with Gasteiger partial charge in [0.25, 0.3) is 5.91 Å². The number of hydrogen-bond acceptors (Lipinski definition) is 5. The Kier molecular flexibility index (Phi) is 6.77. The Balaban J connectivity index is 1.66. The van der Waals surface area contributed by atoms with E-state index in [2.05, 4.69) is 4.98 Å². The molecular weight excluding hydrogens is 515 g/mol. The molecule has 6 nitrogen and oxygen atoms in total. The second kappa shape index (κ2) is 9.55. The molecule has 4 rings (SSSR count). The summed E-state index contributed by atoms with van der Waals surface area (Å²) in [4.78, 5) is 19.2. The van der Waals surface area contributed by atoms with Gasteiger partial charge < -0.3 is 9.32 Å². The molecule has 3 aromatic rings. The van der Waals surface area contributed by atoms with Gasteiger partial charge in [-0.15, -0.1) is 0 Å². The van der Waals surface area contributed by atoms with E-state index >= 15 is 4.39 Å². The third-order valence-electron chi connectivity index (χ3n) is 6.05. The van der Waals surface area contributed by atoms with E-state index in [1.54, 1.807) is 0 Å². The summed E-state index contributed by atoms with van der Waals surface area (Å²) in [5.41, 5.74) is -4.38. The summed E-state index contributed by atoms with van der Waals surface area (Å²) < 4.78 is 75.8. The molecule has 0 aliphatic carbocycles. The molecule has 12 heteroatoms. The van der Waals surface area contributed by atoms with Crippen LogP contribution in [0.4, 0.5) is 33.3 Å². The van der Waals surface area contributed by atoms with Crippen molar-refractivity contribution < 1.29 is 31.2 Å². The highest BCUT2D eigenvalue weighted by atomic mass is 32.1. The van der Waals surface area contributed by atoms with Crippen LogP contribution in [0.2, 0.25) is 0 Å². The number of nitriles is 1. The van der Waals surface area contributed by atoms with Crippen molar-refractivity contribution in [3.05, 3.63) is 77.0 Å². The average molecular weight is 535 g/mol. The lowest BCUT2D eigenvalue weighted by Gasteiger charge is -2.29. The minimum atomic E-state index is -5.18. The molecule has 37 heavy (non-hydrogen) atoms. The van der Waals surface area contributed by atoms with Gasteiger partial charge in [0.15, 0.2) is 16.8 Å². The summed E-state index contributed by atoms with van der Waals surface area (Å²) in [5, 5.41) is 8.69. The molecule has 0 unspecified atom stereocenters. The van der Waals surface area contributed by atoms with Gasteiger partial charge in [-0.2, -0.15) is 18.4 Å². The summed E-state index contributed by atoms with van der Waals surface area (Å²) in [6.45, 7) is 2.88. The quantitative estimate of drug-likeness (QED) is 0.288. The number of alkyl halides is 3. The standard InChI is InChI=1S/C25H19F5N4O2S/c1-24(2)22(35)33(18-9-7-15(13-31)20(21(18)27)25(28,29)30)23(37)34(24)16-8-6-14(17(26)12-16)4-3-5-19-32-10-11-36-19/h6-12H,3-5H2,1-2H3. The second-order valence-electron chi connectivity index (χ2n) is 8.80. The van der Waals surface area contributed by atoms with Gasteiger partial charge >= 0.3 is 6.18 Å². The van der Waals surface area contributed by atoms with Crippen molar-refractivity contribution in [2.24, 2.45) is 0 Å². The van der Waals surface area contributed by atoms with Crippen LogP contribution in [0.5, 0.6) is 0 Å². The van der Waals surface area contributed by atoms with E-state index in [1.165, 1.54) is 55.5 Å². The Labute approximate surface area is 213 Å². The molecule has 1 aromatic heterocycles. The topological polar surface area (TPSA) is 73.4 Å². The molecule has 0 N–H and O–H groups in total. The Morgan fingerprint density at radius 3 is 2.49 bits per heavy atom. The van der Waals surface area contributed by atoms with Gasteiger partial charge in [-0.05, 0) is 68.7 Å². The van der Waals surface area contributed by atoms with Gasteiger partial charge in [-0.3, -0.25) is 9.69 Å². The molecule has 0 spiro atoms. The molecular formula is C25H19F5N4O2S. The van der Waals surface area contributed by atoms with Crippen LogP contribution in [0, 0.1) is 23.0 Å². The molecule has 1 saturated heterocycles. The average Bonchev–Trinajstić information content (AvgIpc) is 3.39. The largest absolute Gasteiger partial charge is 0.449 e. The molecule has 1 amide bonds. The van der Waals surface area contributed by atoms with Crippen LogP contribution in [0.3, 0.4) is 0 Å². The maximum Gasteiger partial charge on any atom is 0.420 e. The van der Waals surface area contributed by atoms with E-state index in [0.29, 0.717) is 35.6 Å². The van der Waals surface area contributed by atoms with Crippen LogP contribution in [-0.4, -0.2) is 21.5 Å². The summed E-state index contributed by atoms with van der Waals surface area (Å²) in [5.74, 6) is -2.65. The van der Waals surface area contributed by atoms with Crippen molar-refractivity contribution in [2.45, 2.75) is 44.8 Å². The second-order valence-corrected chi connectivity index (χ2v) is 9.17. The van der Waals surface area contributed by atoms with Crippen LogP contribution in [0.15, 0.2) is 47.2 Å². The number of aryl methyl sites for hydroxylation is 2. The number of thiocarbonyl (C=S) groups is 1. The fraction of sp³-hybridized carbons (Fsp3) is 0.280. The minimum absolute atomic E-state index is 0.171. The van der Waals surface area contributed by atoms with E-state index in [1.807, 2.05) is 0 Å². The zero-order valence-electron chi connectivity index (χ0n) is 19.6. The summed E-state index contributed by atoms with van der Waals surface area (Å²) >= 11 is 5.38. The Morgan fingerprint density at radius 2 is 1.89 bits per heavy atom. The van der Waals surface area contributed by atoms with Gasteiger partial charge in [-0.1, -0.05) is 6.07 Å². The number of carbonyl (C=O) groups is 1. The van der Waals surface area contributed by atoms with Gasteiger partial charge in [0.2, 0.25) is 0 Å². The van der Waals surface area contributed by atoms with Crippen molar-refractivity contribution in [3.63, 3.8) is 0 Å². The Hall–Kier alpha value is -3.85. The van der Waals surface area contributed by atoms with E-state index in [-0.39, 0.29) is 10.8 Å². The fourth-order valence-corrected chi connectivity index (χ4v) is 4.75. The van der Waals surface area contributed by atoms with Gasteiger partial charge in [0, 0.05) is 12.1 Å². The first kappa shape index (κ1) is 26.2. The third kappa shape index (κ3) is 4.67. The molecule has 0 atom stereocenters. The normalized spacial score (nSPS) is 15.4. The highest BCUT2D eigenvalue weighted by Gasteiger charge is 2.52. The number of carbonyl (C=O) groups excluding carboxylic acids is 1. The molecule has 2 heterocycles. The number of benzene rings is 2. The zero-order chi connectivity index (χ0) is 27.1. The zero-order valence-corrected chi connectivity index (χ0v) is 20.4. The van der Waals surface area contributed by atoms with Crippen molar-refractivity contribution in [2.75, 3.05) is 9.80 Å². The predicted molar refractivity (Wildman–Crippen MR) is 128 cm³/mol. The van der Waals surface area contributed by atoms with Gasteiger partial charge in [-0.25, -0.2) is 13.8 Å². The fourth-order valence-electron chi connectivity index (χ4n) is 4.23. The number of rotatable bonds is 6. The number of aromatic nitrogens is 1. The number of halogens is 5. The van der Waals surface area contributed by atoms with Gasteiger partial charge in [0.1, 0.15) is 23.2 Å². The monoisotopic (exact) mass is 534 g/mol. The predicted octanol–water partition coefficient (Wildman–Crippen LogP) is 5.94. The van der Waals surface area contributed by atoms with Crippen LogP contribution < -0.4 is 9.80 Å². The van der Waals surface area contributed by atoms with E-state index in [4.69, 9.17) is 21.9 Å². The molecule has 1 aliphatic heterocycles. The molecule has 2 aromatic carbocycles. The van der Waals surface area contributed by atoms with E-state index in [9.17, 15) is 22.4 Å². The maximum absolute atomic E-state index is 15.1. The third-order valence-corrected chi connectivity index (χ3v) is 6.41. The number of oxazole rings is 1. The van der Waals surface area contributed by atoms with Crippen LogP contribution in [0.1, 0.15) is 42.8 Å². The molecule has 1 fully saturated rings. The lowest BCUT2D eigenvalue weighted by molar-refractivity contribution is -0.140. The summed E-state index contributed by atoms with van der Waals surface area (Å²) in [7, 11) is 0. The van der Waals surface area contributed by atoms with Crippen LogP contribution in [0.25, 0.3) is 0 Å².